The Bertz CT molecular complexity index is 601. The van der Waals surface area contributed by atoms with Gasteiger partial charge in [-0.2, -0.15) is 22.5 Å². The molecule has 108 valence electrons. The van der Waals surface area contributed by atoms with Gasteiger partial charge in [0, 0.05) is 11.5 Å². The van der Waals surface area contributed by atoms with E-state index in [0.717, 1.165) is 0 Å². The highest BCUT2D eigenvalue weighted by atomic mass is 32.1. The molecule has 0 aliphatic carbocycles. The van der Waals surface area contributed by atoms with Gasteiger partial charge in [-0.05, 0) is 17.7 Å². The first-order valence-corrected chi connectivity index (χ1v) is 6.08. The Morgan fingerprint density at radius 2 is 2.05 bits per heavy atom. The number of hydrogen-bond acceptors (Lipinski definition) is 6. The van der Waals surface area contributed by atoms with Crippen LogP contribution < -0.4 is 9.47 Å². The summed E-state index contributed by atoms with van der Waals surface area (Å²) in [6.45, 7) is -0.187. The standard InChI is InChI=1S/C11H9F3N2O3S/c1-18-8-4-6(5-17)2-3-7(8)19-10-15-9(16-20-10)11(12,13)14/h2-4,17H,5H2,1H3. The van der Waals surface area contributed by atoms with Crippen LogP contribution in [0.4, 0.5) is 13.2 Å². The molecule has 1 aromatic heterocycles. The molecule has 20 heavy (non-hydrogen) atoms. The van der Waals surface area contributed by atoms with Crippen molar-refractivity contribution < 1.29 is 27.8 Å². The molecule has 5 nitrogen and oxygen atoms in total. The van der Waals surface area contributed by atoms with E-state index >= 15 is 0 Å². The zero-order valence-corrected chi connectivity index (χ0v) is 11.0. The summed E-state index contributed by atoms with van der Waals surface area (Å²) < 4.78 is 50.5. The number of benzene rings is 1. The second kappa shape index (κ2) is 5.63. The van der Waals surface area contributed by atoms with E-state index in [4.69, 9.17) is 14.6 Å². The molecular formula is C11H9F3N2O3S. The van der Waals surface area contributed by atoms with Gasteiger partial charge < -0.3 is 14.6 Å². The number of methoxy groups -OCH3 is 1. The summed E-state index contributed by atoms with van der Waals surface area (Å²) in [5, 5.41) is 8.75. The van der Waals surface area contributed by atoms with Crippen molar-refractivity contribution in [3.63, 3.8) is 0 Å². The van der Waals surface area contributed by atoms with E-state index in [9.17, 15) is 13.2 Å². The van der Waals surface area contributed by atoms with Crippen LogP contribution in [-0.4, -0.2) is 21.6 Å². The molecule has 0 atom stereocenters. The summed E-state index contributed by atoms with van der Waals surface area (Å²) >= 11 is 0.492. The number of aliphatic hydroxyl groups excluding tert-OH is 1. The van der Waals surface area contributed by atoms with E-state index in [1.54, 1.807) is 6.07 Å². The average Bonchev–Trinajstić information content (AvgIpc) is 2.87. The van der Waals surface area contributed by atoms with Crippen LogP contribution in [0.2, 0.25) is 0 Å². The predicted octanol–water partition coefficient (Wildman–Crippen LogP) is 2.85. The number of halogens is 3. The highest BCUT2D eigenvalue weighted by molar-refractivity contribution is 7.07. The lowest BCUT2D eigenvalue weighted by molar-refractivity contribution is -0.144. The molecule has 1 N–H and O–H groups in total. The third-order valence-electron chi connectivity index (χ3n) is 2.27. The van der Waals surface area contributed by atoms with Gasteiger partial charge in [0.1, 0.15) is 0 Å². The fourth-order valence-corrected chi connectivity index (χ4v) is 1.92. The van der Waals surface area contributed by atoms with Crippen molar-refractivity contribution in [2.24, 2.45) is 0 Å². The fourth-order valence-electron chi connectivity index (χ4n) is 1.35. The molecule has 0 saturated carbocycles. The largest absolute Gasteiger partial charge is 0.493 e. The van der Waals surface area contributed by atoms with Gasteiger partial charge in [-0.15, -0.1) is 0 Å². The van der Waals surface area contributed by atoms with Gasteiger partial charge in [-0.25, -0.2) is 0 Å². The Balaban J connectivity index is 2.23. The number of aromatic nitrogens is 2. The Hall–Kier alpha value is -1.87. The molecule has 0 unspecified atom stereocenters. The quantitative estimate of drug-likeness (QED) is 0.941. The second-order valence-corrected chi connectivity index (χ2v) is 4.34. The zero-order chi connectivity index (χ0) is 14.8. The molecule has 1 aromatic carbocycles. The highest BCUT2D eigenvalue weighted by Gasteiger charge is 2.36. The predicted molar refractivity (Wildman–Crippen MR) is 63.9 cm³/mol. The van der Waals surface area contributed by atoms with Crippen LogP contribution in [0.15, 0.2) is 18.2 Å². The van der Waals surface area contributed by atoms with Crippen LogP contribution in [0.5, 0.6) is 16.7 Å². The van der Waals surface area contributed by atoms with Crippen LogP contribution >= 0.6 is 11.5 Å². The van der Waals surface area contributed by atoms with Gasteiger partial charge in [-0.3, -0.25) is 0 Å². The van der Waals surface area contributed by atoms with Crippen LogP contribution in [0.1, 0.15) is 11.4 Å². The average molecular weight is 306 g/mol. The van der Waals surface area contributed by atoms with Crippen LogP contribution in [0.25, 0.3) is 0 Å². The molecular weight excluding hydrogens is 297 g/mol. The Morgan fingerprint density at radius 3 is 2.60 bits per heavy atom. The van der Waals surface area contributed by atoms with E-state index in [0.29, 0.717) is 17.1 Å². The molecule has 0 saturated heterocycles. The third-order valence-corrected chi connectivity index (χ3v) is 2.86. The topological polar surface area (TPSA) is 64.5 Å². The first-order chi connectivity index (χ1) is 9.44. The van der Waals surface area contributed by atoms with E-state index in [1.807, 2.05) is 0 Å². The van der Waals surface area contributed by atoms with Crippen molar-refractivity contribution in [2.75, 3.05) is 7.11 Å². The monoisotopic (exact) mass is 306 g/mol. The first-order valence-electron chi connectivity index (χ1n) is 5.30. The van der Waals surface area contributed by atoms with Gasteiger partial charge in [0.15, 0.2) is 11.5 Å². The van der Waals surface area contributed by atoms with Crippen molar-refractivity contribution in [3.05, 3.63) is 29.6 Å². The maximum atomic E-state index is 12.4. The lowest BCUT2D eigenvalue weighted by Gasteiger charge is -2.08. The van der Waals surface area contributed by atoms with Crippen molar-refractivity contribution in [1.82, 2.24) is 9.36 Å². The summed E-state index contributed by atoms with van der Waals surface area (Å²) in [6.07, 6.45) is -4.61. The van der Waals surface area contributed by atoms with Crippen LogP contribution in [0, 0.1) is 0 Å². The maximum absolute atomic E-state index is 12.4. The van der Waals surface area contributed by atoms with Crippen molar-refractivity contribution in [2.45, 2.75) is 12.8 Å². The molecule has 0 fully saturated rings. The van der Waals surface area contributed by atoms with Gasteiger partial charge in [0.2, 0.25) is 0 Å². The van der Waals surface area contributed by atoms with Crippen molar-refractivity contribution >= 4 is 11.5 Å². The van der Waals surface area contributed by atoms with Gasteiger partial charge in [-0.1, -0.05) is 6.07 Å². The molecule has 0 aliphatic heterocycles. The minimum absolute atomic E-state index is 0.187. The molecule has 0 amide bonds. The van der Waals surface area contributed by atoms with E-state index in [2.05, 4.69) is 9.36 Å². The summed E-state index contributed by atoms with van der Waals surface area (Å²) in [5.74, 6) is -0.779. The Kier molecular flexibility index (Phi) is 4.09. The summed E-state index contributed by atoms with van der Waals surface area (Å²) in [5.41, 5.74) is 0.586. The van der Waals surface area contributed by atoms with E-state index < -0.39 is 12.0 Å². The number of alkyl halides is 3. The summed E-state index contributed by atoms with van der Waals surface area (Å²) in [7, 11) is 1.38. The summed E-state index contributed by atoms with van der Waals surface area (Å²) in [6, 6.07) is 4.55. The normalized spacial score (nSPS) is 11.4. The molecule has 0 spiro atoms. The van der Waals surface area contributed by atoms with Crippen LogP contribution in [0.3, 0.4) is 0 Å². The zero-order valence-electron chi connectivity index (χ0n) is 10.1. The smallest absolute Gasteiger partial charge is 0.452 e. The van der Waals surface area contributed by atoms with Crippen LogP contribution in [-0.2, 0) is 12.8 Å². The first kappa shape index (κ1) is 14.5. The van der Waals surface area contributed by atoms with Crippen molar-refractivity contribution in [1.29, 1.82) is 0 Å². The third kappa shape index (κ3) is 3.17. The summed E-state index contributed by atoms with van der Waals surface area (Å²) in [4.78, 5) is 3.25. The number of hydrogen-bond donors (Lipinski definition) is 1. The SMILES string of the molecule is COc1cc(CO)ccc1Oc1nc(C(F)(F)F)ns1. The minimum Gasteiger partial charge on any atom is -0.493 e. The molecule has 2 rings (SSSR count). The lowest BCUT2D eigenvalue weighted by Crippen LogP contribution is -2.06. The maximum Gasteiger partial charge on any atom is 0.452 e. The number of nitrogens with zero attached hydrogens (tertiary/aromatic N) is 2. The number of ether oxygens (including phenoxy) is 2. The Labute approximate surface area is 115 Å². The molecule has 0 bridgehead atoms. The molecule has 9 heteroatoms. The fraction of sp³-hybridized carbons (Fsp3) is 0.273. The van der Waals surface area contributed by atoms with E-state index in [-0.39, 0.29) is 23.3 Å². The van der Waals surface area contributed by atoms with E-state index in [1.165, 1.54) is 19.2 Å². The highest BCUT2D eigenvalue weighted by Crippen LogP contribution is 2.35. The molecule has 1 heterocycles. The Morgan fingerprint density at radius 1 is 1.30 bits per heavy atom. The van der Waals surface area contributed by atoms with Crippen molar-refractivity contribution in [3.8, 4) is 16.7 Å². The van der Waals surface area contributed by atoms with Gasteiger partial charge in [0.25, 0.3) is 11.0 Å². The minimum atomic E-state index is -4.61. The molecule has 0 radical (unpaired) electrons. The van der Waals surface area contributed by atoms with Gasteiger partial charge >= 0.3 is 6.18 Å². The lowest BCUT2D eigenvalue weighted by atomic mass is 10.2. The second-order valence-electron chi connectivity index (χ2n) is 3.63. The molecule has 0 aliphatic rings. The number of aliphatic hydroxyl groups is 1. The number of rotatable bonds is 4. The van der Waals surface area contributed by atoms with Gasteiger partial charge in [0.05, 0.1) is 13.7 Å². The molecule has 2 aromatic rings.